The first-order chi connectivity index (χ1) is 8.54. The van der Waals surface area contributed by atoms with E-state index in [0.717, 1.165) is 19.5 Å². The van der Waals surface area contributed by atoms with Crippen molar-refractivity contribution in [1.82, 2.24) is 10.2 Å². The highest BCUT2D eigenvalue weighted by Gasteiger charge is 2.41. The lowest BCUT2D eigenvalue weighted by atomic mass is 9.87. The summed E-state index contributed by atoms with van der Waals surface area (Å²) >= 11 is 0. The lowest BCUT2D eigenvalue weighted by Crippen LogP contribution is -2.55. The van der Waals surface area contributed by atoms with Gasteiger partial charge in [0.2, 0.25) is 11.8 Å². The SMILES string of the molecule is CC1CCCN(C(=O)C(C)(C)C(=O)NC(C)(C)C)C1. The van der Waals surface area contributed by atoms with Crippen LogP contribution in [0.5, 0.6) is 0 Å². The van der Waals surface area contributed by atoms with E-state index in [1.165, 1.54) is 6.42 Å². The van der Waals surface area contributed by atoms with Crippen molar-refractivity contribution in [3.63, 3.8) is 0 Å². The van der Waals surface area contributed by atoms with Crippen LogP contribution in [-0.2, 0) is 9.59 Å². The van der Waals surface area contributed by atoms with E-state index in [9.17, 15) is 9.59 Å². The van der Waals surface area contributed by atoms with E-state index in [4.69, 9.17) is 0 Å². The molecule has 2 amide bonds. The molecule has 1 unspecified atom stereocenters. The average Bonchev–Trinajstić information content (AvgIpc) is 2.25. The van der Waals surface area contributed by atoms with Crippen LogP contribution in [0, 0.1) is 11.3 Å². The molecule has 0 aliphatic carbocycles. The van der Waals surface area contributed by atoms with Gasteiger partial charge >= 0.3 is 0 Å². The van der Waals surface area contributed by atoms with Gasteiger partial charge in [-0.05, 0) is 53.4 Å². The van der Waals surface area contributed by atoms with Crippen LogP contribution in [0.2, 0.25) is 0 Å². The van der Waals surface area contributed by atoms with E-state index in [-0.39, 0.29) is 17.4 Å². The van der Waals surface area contributed by atoms with Crippen molar-refractivity contribution in [3.8, 4) is 0 Å². The van der Waals surface area contributed by atoms with Crippen LogP contribution in [0.1, 0.15) is 54.4 Å². The number of rotatable bonds is 2. The molecule has 1 aliphatic heterocycles. The molecular weight excluding hydrogens is 240 g/mol. The van der Waals surface area contributed by atoms with Gasteiger partial charge in [-0.3, -0.25) is 9.59 Å². The summed E-state index contributed by atoms with van der Waals surface area (Å²) in [5.74, 6) is 0.281. The quantitative estimate of drug-likeness (QED) is 0.780. The topological polar surface area (TPSA) is 49.4 Å². The Kier molecular flexibility index (Phi) is 4.64. The zero-order chi connectivity index (χ0) is 14.8. The van der Waals surface area contributed by atoms with Gasteiger partial charge in [-0.15, -0.1) is 0 Å². The highest BCUT2D eigenvalue weighted by Crippen LogP contribution is 2.24. The molecule has 0 radical (unpaired) electrons. The van der Waals surface area contributed by atoms with Crippen LogP contribution in [0.25, 0.3) is 0 Å². The molecule has 1 saturated heterocycles. The van der Waals surface area contributed by atoms with Gasteiger partial charge in [0.05, 0.1) is 0 Å². The number of likely N-dealkylation sites (tertiary alicyclic amines) is 1. The monoisotopic (exact) mass is 268 g/mol. The van der Waals surface area contributed by atoms with Gasteiger partial charge < -0.3 is 10.2 Å². The Labute approximate surface area is 116 Å². The molecule has 4 heteroatoms. The molecule has 0 aromatic carbocycles. The third-order valence-electron chi connectivity index (χ3n) is 3.54. The summed E-state index contributed by atoms with van der Waals surface area (Å²) in [5, 5.41) is 2.90. The number of nitrogens with one attached hydrogen (secondary N) is 1. The smallest absolute Gasteiger partial charge is 0.237 e. The van der Waals surface area contributed by atoms with Crippen LogP contribution in [0.3, 0.4) is 0 Å². The molecule has 0 saturated carbocycles. The number of carbonyl (C=O) groups is 2. The van der Waals surface area contributed by atoms with Gasteiger partial charge in [-0.2, -0.15) is 0 Å². The summed E-state index contributed by atoms with van der Waals surface area (Å²) < 4.78 is 0. The number of hydrogen-bond donors (Lipinski definition) is 1. The number of amides is 2. The summed E-state index contributed by atoms with van der Waals surface area (Å²) in [4.78, 5) is 26.7. The van der Waals surface area contributed by atoms with Gasteiger partial charge in [0, 0.05) is 18.6 Å². The van der Waals surface area contributed by atoms with E-state index < -0.39 is 5.41 Å². The highest BCUT2D eigenvalue weighted by molar-refractivity contribution is 6.04. The molecule has 4 nitrogen and oxygen atoms in total. The first-order valence-corrected chi connectivity index (χ1v) is 7.16. The highest BCUT2D eigenvalue weighted by atomic mass is 16.2. The van der Waals surface area contributed by atoms with Gasteiger partial charge in [-0.25, -0.2) is 0 Å². The minimum atomic E-state index is -0.996. The fourth-order valence-corrected chi connectivity index (χ4v) is 2.36. The lowest BCUT2D eigenvalue weighted by molar-refractivity contribution is -0.150. The zero-order valence-electron chi connectivity index (χ0n) is 13.2. The largest absolute Gasteiger partial charge is 0.351 e. The van der Waals surface area contributed by atoms with Crippen LogP contribution in [0.15, 0.2) is 0 Å². The molecule has 19 heavy (non-hydrogen) atoms. The Hall–Kier alpha value is -1.06. The summed E-state index contributed by atoms with van der Waals surface area (Å²) in [5.41, 5.74) is -1.31. The number of carbonyl (C=O) groups excluding carboxylic acids is 2. The fraction of sp³-hybridized carbons (Fsp3) is 0.867. The summed E-state index contributed by atoms with van der Waals surface area (Å²) in [6.07, 6.45) is 2.20. The second kappa shape index (κ2) is 5.51. The maximum absolute atomic E-state index is 12.6. The van der Waals surface area contributed by atoms with Crippen molar-refractivity contribution in [2.75, 3.05) is 13.1 Å². The summed E-state index contributed by atoms with van der Waals surface area (Å²) in [7, 11) is 0. The molecule has 0 spiro atoms. The van der Waals surface area contributed by atoms with E-state index >= 15 is 0 Å². The third-order valence-corrected chi connectivity index (χ3v) is 3.54. The van der Waals surface area contributed by atoms with Gasteiger partial charge in [0.15, 0.2) is 0 Å². The van der Waals surface area contributed by atoms with Crippen LogP contribution < -0.4 is 5.32 Å². The van der Waals surface area contributed by atoms with E-state index in [0.29, 0.717) is 5.92 Å². The molecule has 0 bridgehead atoms. The van der Waals surface area contributed by atoms with Gasteiger partial charge in [0.1, 0.15) is 5.41 Å². The molecule has 1 fully saturated rings. The van der Waals surface area contributed by atoms with Crippen molar-refractivity contribution < 1.29 is 9.59 Å². The molecule has 1 aliphatic rings. The number of nitrogens with zero attached hydrogens (tertiary/aromatic N) is 1. The van der Waals surface area contributed by atoms with Crippen LogP contribution in [0.4, 0.5) is 0 Å². The van der Waals surface area contributed by atoms with Crippen LogP contribution in [-0.4, -0.2) is 35.3 Å². The van der Waals surface area contributed by atoms with Crippen LogP contribution >= 0.6 is 0 Å². The molecule has 0 aromatic rings. The Morgan fingerprint density at radius 3 is 2.21 bits per heavy atom. The van der Waals surface area contributed by atoms with Gasteiger partial charge in [0.25, 0.3) is 0 Å². The first kappa shape index (κ1) is 16.0. The van der Waals surface area contributed by atoms with Crippen molar-refractivity contribution in [3.05, 3.63) is 0 Å². The minimum Gasteiger partial charge on any atom is -0.351 e. The Morgan fingerprint density at radius 2 is 1.74 bits per heavy atom. The molecule has 0 aromatic heterocycles. The Balaban J connectivity index is 2.75. The van der Waals surface area contributed by atoms with Crippen molar-refractivity contribution in [2.45, 2.75) is 59.9 Å². The van der Waals surface area contributed by atoms with E-state index in [1.54, 1.807) is 13.8 Å². The maximum Gasteiger partial charge on any atom is 0.237 e. The van der Waals surface area contributed by atoms with Crippen molar-refractivity contribution in [2.24, 2.45) is 11.3 Å². The van der Waals surface area contributed by atoms with E-state index in [2.05, 4.69) is 12.2 Å². The molecule has 1 atom stereocenters. The fourth-order valence-electron chi connectivity index (χ4n) is 2.36. The lowest BCUT2D eigenvalue weighted by Gasteiger charge is -2.37. The second-order valence-electron chi connectivity index (χ2n) is 7.33. The molecule has 1 N–H and O–H groups in total. The molecule has 110 valence electrons. The average molecular weight is 268 g/mol. The molecule has 1 rings (SSSR count). The number of piperidine rings is 1. The zero-order valence-corrected chi connectivity index (χ0v) is 13.2. The summed E-state index contributed by atoms with van der Waals surface area (Å²) in [6, 6.07) is 0. The van der Waals surface area contributed by atoms with Crippen molar-refractivity contribution in [1.29, 1.82) is 0 Å². The molecular formula is C15H28N2O2. The Bertz CT molecular complexity index is 356. The second-order valence-corrected chi connectivity index (χ2v) is 7.33. The predicted molar refractivity (Wildman–Crippen MR) is 76.7 cm³/mol. The normalized spacial score (nSPS) is 21.2. The Morgan fingerprint density at radius 1 is 1.16 bits per heavy atom. The summed E-state index contributed by atoms with van der Waals surface area (Å²) in [6.45, 7) is 12.9. The third kappa shape index (κ3) is 4.22. The predicted octanol–water partition coefficient (Wildman–Crippen LogP) is 2.19. The van der Waals surface area contributed by atoms with E-state index in [1.807, 2.05) is 25.7 Å². The number of hydrogen-bond acceptors (Lipinski definition) is 2. The van der Waals surface area contributed by atoms with Crippen molar-refractivity contribution >= 4 is 11.8 Å². The maximum atomic E-state index is 12.6. The standard InChI is InChI=1S/C15H28N2O2/c1-11-8-7-9-17(10-11)13(19)15(5,6)12(18)16-14(2,3)4/h11H,7-10H2,1-6H3,(H,16,18). The first-order valence-electron chi connectivity index (χ1n) is 7.16. The molecule has 1 heterocycles. The minimum absolute atomic E-state index is 0.0548. The van der Waals surface area contributed by atoms with Gasteiger partial charge in [-0.1, -0.05) is 6.92 Å².